The number of nitrogens with one attached hydrogen (secondary N) is 1. The largest absolute Gasteiger partial charge is 0.369 e. The molecule has 3 aromatic heterocycles. The van der Waals surface area contributed by atoms with Crippen molar-refractivity contribution < 1.29 is 4.39 Å². The Hall–Kier alpha value is -3.16. The van der Waals surface area contributed by atoms with Crippen molar-refractivity contribution in [3.8, 4) is 0 Å². The number of H-pyrrole nitrogens is 1. The molecule has 0 unspecified atom stereocenters. The first kappa shape index (κ1) is 13.5. The standard InChI is InChI=1S/C15H14FN7/c1-22(13-6-14-21-18-8-23(14)15(17)20-13)7-11-5-9-4-10(16)2-3-12(9)19-11/h2-6,8,19H,7H2,1H3,(H2,17,20). The van der Waals surface area contributed by atoms with Gasteiger partial charge in [-0.15, -0.1) is 10.2 Å². The van der Waals surface area contributed by atoms with E-state index in [-0.39, 0.29) is 5.82 Å². The van der Waals surface area contributed by atoms with Gasteiger partial charge in [0.25, 0.3) is 0 Å². The van der Waals surface area contributed by atoms with E-state index in [4.69, 9.17) is 5.73 Å². The topological polar surface area (TPSA) is 88.1 Å². The number of nitrogens with zero attached hydrogens (tertiary/aromatic N) is 5. The molecule has 0 aliphatic rings. The van der Waals surface area contributed by atoms with Crippen molar-refractivity contribution in [2.24, 2.45) is 0 Å². The number of rotatable bonds is 3. The predicted molar refractivity (Wildman–Crippen MR) is 85.6 cm³/mol. The Bertz CT molecular complexity index is 1000. The number of aromatic amines is 1. The van der Waals surface area contributed by atoms with Crippen molar-refractivity contribution in [2.75, 3.05) is 17.7 Å². The first-order valence-electron chi connectivity index (χ1n) is 7.05. The monoisotopic (exact) mass is 311 g/mol. The van der Waals surface area contributed by atoms with E-state index >= 15 is 0 Å². The summed E-state index contributed by atoms with van der Waals surface area (Å²) in [5.74, 6) is 0.768. The van der Waals surface area contributed by atoms with Gasteiger partial charge >= 0.3 is 0 Å². The number of anilines is 2. The number of halogens is 1. The van der Waals surface area contributed by atoms with Crippen LogP contribution in [0.25, 0.3) is 16.6 Å². The third kappa shape index (κ3) is 2.33. The van der Waals surface area contributed by atoms with Crippen LogP contribution in [-0.4, -0.2) is 31.6 Å². The number of hydrogen-bond acceptors (Lipinski definition) is 5. The number of fused-ring (bicyclic) bond motifs is 2. The van der Waals surface area contributed by atoms with Crippen molar-refractivity contribution in [1.29, 1.82) is 0 Å². The molecule has 0 atom stereocenters. The summed E-state index contributed by atoms with van der Waals surface area (Å²) in [5, 5.41) is 8.65. The predicted octanol–water partition coefficient (Wildman–Crippen LogP) is 1.96. The lowest BCUT2D eigenvalue weighted by Crippen LogP contribution is -2.19. The van der Waals surface area contributed by atoms with Gasteiger partial charge in [0.1, 0.15) is 18.0 Å². The lowest BCUT2D eigenvalue weighted by atomic mass is 10.2. The molecular formula is C15H14FN7. The van der Waals surface area contributed by atoms with E-state index in [9.17, 15) is 4.39 Å². The maximum Gasteiger partial charge on any atom is 0.209 e. The van der Waals surface area contributed by atoms with Crippen molar-refractivity contribution in [3.63, 3.8) is 0 Å². The van der Waals surface area contributed by atoms with Gasteiger partial charge in [-0.05, 0) is 24.3 Å². The summed E-state index contributed by atoms with van der Waals surface area (Å²) in [6, 6.07) is 8.41. The average molecular weight is 311 g/mol. The van der Waals surface area contributed by atoms with Gasteiger partial charge in [0.15, 0.2) is 5.65 Å². The highest BCUT2D eigenvalue weighted by Gasteiger charge is 2.10. The van der Waals surface area contributed by atoms with Crippen LogP contribution in [0.2, 0.25) is 0 Å². The first-order chi connectivity index (χ1) is 11.1. The molecule has 3 N–H and O–H groups in total. The van der Waals surface area contributed by atoms with Gasteiger partial charge in [0.05, 0.1) is 6.54 Å². The third-order valence-electron chi connectivity index (χ3n) is 3.75. The number of nitrogen functional groups attached to an aromatic ring is 1. The van der Waals surface area contributed by atoms with Gasteiger partial charge in [0.2, 0.25) is 5.95 Å². The highest BCUT2D eigenvalue weighted by atomic mass is 19.1. The Morgan fingerprint density at radius 3 is 3.04 bits per heavy atom. The first-order valence-corrected chi connectivity index (χ1v) is 7.05. The van der Waals surface area contributed by atoms with Crippen LogP contribution in [0.5, 0.6) is 0 Å². The second kappa shape index (κ2) is 4.94. The molecule has 7 nitrogen and oxygen atoms in total. The second-order valence-corrected chi connectivity index (χ2v) is 5.41. The van der Waals surface area contributed by atoms with Gasteiger partial charge in [-0.3, -0.25) is 4.40 Å². The van der Waals surface area contributed by atoms with E-state index in [0.717, 1.165) is 16.6 Å². The van der Waals surface area contributed by atoms with E-state index in [1.165, 1.54) is 18.5 Å². The molecular weight excluding hydrogens is 297 g/mol. The van der Waals surface area contributed by atoms with Crippen LogP contribution in [0.4, 0.5) is 16.2 Å². The van der Waals surface area contributed by atoms with Crippen LogP contribution in [-0.2, 0) is 6.54 Å². The number of benzene rings is 1. The maximum absolute atomic E-state index is 13.3. The van der Waals surface area contributed by atoms with Crippen LogP contribution in [0, 0.1) is 5.82 Å². The molecule has 23 heavy (non-hydrogen) atoms. The van der Waals surface area contributed by atoms with Crippen molar-refractivity contribution >= 4 is 28.3 Å². The van der Waals surface area contributed by atoms with Gasteiger partial charge in [-0.25, -0.2) is 4.39 Å². The van der Waals surface area contributed by atoms with Crippen molar-refractivity contribution in [3.05, 3.63) is 48.2 Å². The molecule has 116 valence electrons. The average Bonchev–Trinajstić information content (AvgIpc) is 3.12. The molecule has 0 spiro atoms. The molecule has 4 rings (SSSR count). The Balaban J connectivity index is 1.65. The number of nitrogens with two attached hydrogens (primary N) is 1. The molecule has 0 amide bonds. The smallest absolute Gasteiger partial charge is 0.209 e. The summed E-state index contributed by atoms with van der Waals surface area (Å²) in [4.78, 5) is 9.56. The van der Waals surface area contributed by atoms with E-state index < -0.39 is 0 Å². The number of aromatic nitrogens is 5. The van der Waals surface area contributed by atoms with Gasteiger partial charge in [0, 0.05) is 29.7 Å². The zero-order chi connectivity index (χ0) is 16.0. The molecule has 0 fully saturated rings. The van der Waals surface area contributed by atoms with Crippen molar-refractivity contribution in [2.45, 2.75) is 6.54 Å². The maximum atomic E-state index is 13.3. The zero-order valence-corrected chi connectivity index (χ0v) is 12.4. The van der Waals surface area contributed by atoms with E-state index in [2.05, 4.69) is 20.2 Å². The van der Waals surface area contributed by atoms with Crippen LogP contribution in [0.1, 0.15) is 5.69 Å². The molecule has 8 heteroatoms. The highest BCUT2D eigenvalue weighted by Crippen LogP contribution is 2.20. The summed E-state index contributed by atoms with van der Waals surface area (Å²) >= 11 is 0. The van der Waals surface area contributed by atoms with Crippen LogP contribution < -0.4 is 10.6 Å². The molecule has 0 radical (unpaired) electrons. The molecule has 0 saturated carbocycles. The summed E-state index contributed by atoms with van der Waals surface area (Å²) < 4.78 is 14.9. The minimum Gasteiger partial charge on any atom is -0.369 e. The minimum absolute atomic E-state index is 0.247. The van der Waals surface area contributed by atoms with Crippen molar-refractivity contribution in [1.82, 2.24) is 24.6 Å². The molecule has 0 aliphatic heterocycles. The van der Waals surface area contributed by atoms with E-state index in [1.807, 2.05) is 24.1 Å². The normalized spacial score (nSPS) is 11.4. The molecule has 3 heterocycles. The molecule has 0 saturated heterocycles. The molecule has 0 bridgehead atoms. The van der Waals surface area contributed by atoms with E-state index in [1.54, 1.807) is 10.5 Å². The summed E-state index contributed by atoms with van der Waals surface area (Å²) in [5.41, 5.74) is 8.40. The summed E-state index contributed by atoms with van der Waals surface area (Å²) in [7, 11) is 1.90. The number of hydrogen-bond donors (Lipinski definition) is 2. The molecule has 4 aromatic rings. The van der Waals surface area contributed by atoms with Crippen LogP contribution in [0.15, 0.2) is 36.7 Å². The Morgan fingerprint density at radius 1 is 1.30 bits per heavy atom. The Kier molecular flexibility index (Phi) is 2.90. The highest BCUT2D eigenvalue weighted by molar-refractivity contribution is 5.80. The lowest BCUT2D eigenvalue weighted by molar-refractivity contribution is 0.630. The SMILES string of the molecule is CN(Cc1cc2cc(F)ccc2[nH]1)c1cc2nncn2c(N)n1. The third-order valence-corrected chi connectivity index (χ3v) is 3.75. The zero-order valence-electron chi connectivity index (χ0n) is 12.4. The van der Waals surface area contributed by atoms with Gasteiger partial charge in [-0.1, -0.05) is 0 Å². The van der Waals surface area contributed by atoms with E-state index in [0.29, 0.717) is 24.0 Å². The van der Waals surface area contributed by atoms with Crippen LogP contribution in [0.3, 0.4) is 0 Å². The van der Waals surface area contributed by atoms with Gasteiger partial charge < -0.3 is 15.6 Å². The second-order valence-electron chi connectivity index (χ2n) is 5.41. The molecule has 1 aromatic carbocycles. The minimum atomic E-state index is -0.247. The Labute approximate surface area is 130 Å². The fourth-order valence-corrected chi connectivity index (χ4v) is 2.62. The summed E-state index contributed by atoms with van der Waals surface area (Å²) in [6.07, 6.45) is 1.52. The fraction of sp³-hybridized carbons (Fsp3) is 0.133. The van der Waals surface area contributed by atoms with Gasteiger partial charge in [-0.2, -0.15) is 4.98 Å². The van der Waals surface area contributed by atoms with Crippen LogP contribution >= 0.6 is 0 Å². The summed E-state index contributed by atoms with van der Waals surface area (Å²) in [6.45, 7) is 0.576. The molecule has 0 aliphatic carbocycles. The lowest BCUT2D eigenvalue weighted by Gasteiger charge is -2.17. The quantitative estimate of drug-likeness (QED) is 0.604. The Morgan fingerprint density at radius 2 is 2.17 bits per heavy atom. The fourth-order valence-electron chi connectivity index (χ4n) is 2.62.